The van der Waals surface area contributed by atoms with E-state index in [4.69, 9.17) is 4.74 Å². The number of aromatic nitrogens is 2. The summed E-state index contributed by atoms with van der Waals surface area (Å²) in [6, 6.07) is 17.1. The molecule has 3 heteroatoms. The first-order valence-corrected chi connectivity index (χ1v) is 10.3. The van der Waals surface area contributed by atoms with Crippen molar-refractivity contribution in [2.75, 3.05) is 7.11 Å². The Morgan fingerprint density at radius 1 is 1.00 bits per heavy atom. The summed E-state index contributed by atoms with van der Waals surface area (Å²) in [6.07, 6.45) is 4.26. The van der Waals surface area contributed by atoms with Crippen molar-refractivity contribution in [2.45, 2.75) is 53.4 Å². The van der Waals surface area contributed by atoms with Crippen molar-refractivity contribution in [3.8, 4) is 17.0 Å². The van der Waals surface area contributed by atoms with E-state index in [1.165, 1.54) is 34.4 Å². The van der Waals surface area contributed by atoms with Gasteiger partial charge in [0.1, 0.15) is 5.75 Å². The van der Waals surface area contributed by atoms with Gasteiger partial charge in [-0.15, -0.1) is 0 Å². The topological polar surface area (TPSA) is 27.1 Å². The lowest BCUT2D eigenvalue weighted by atomic mass is 9.97. The third-order valence-corrected chi connectivity index (χ3v) is 4.64. The Balaban J connectivity index is 0.000000878. The van der Waals surface area contributed by atoms with E-state index in [1.807, 2.05) is 11.7 Å². The van der Waals surface area contributed by atoms with Crippen LogP contribution in [-0.2, 0) is 19.9 Å². The maximum atomic E-state index is 5.53. The quantitative estimate of drug-likeness (QED) is 0.499. The smallest absolute Gasteiger partial charge is 0.122 e. The van der Waals surface area contributed by atoms with Gasteiger partial charge in [-0.25, -0.2) is 0 Å². The largest absolute Gasteiger partial charge is 0.496 e. The normalized spacial score (nSPS) is 10.4. The van der Waals surface area contributed by atoms with E-state index in [-0.39, 0.29) is 0 Å². The van der Waals surface area contributed by atoms with Crippen LogP contribution in [0.25, 0.3) is 11.3 Å². The third kappa shape index (κ3) is 5.25. The number of ether oxygens (including phenoxy) is 1. The molecule has 1 aromatic heterocycles. The summed E-state index contributed by atoms with van der Waals surface area (Å²) in [5.74, 6) is 0.967. The van der Waals surface area contributed by atoms with Crippen LogP contribution in [0.1, 0.15) is 56.0 Å². The number of hydrogen-bond donors (Lipinski definition) is 0. The molecule has 2 aromatic carbocycles. The van der Waals surface area contributed by atoms with Gasteiger partial charge in [-0.05, 0) is 42.7 Å². The SMILES string of the molecule is CCC.CCCc1cc(-c2c(Cc3ccccc3)c(C)nn2C)ccc1OC. The fourth-order valence-corrected chi connectivity index (χ4v) is 3.47. The predicted octanol–water partition coefficient (Wildman–Crippen LogP) is 6.36. The van der Waals surface area contributed by atoms with E-state index in [0.717, 1.165) is 30.7 Å². The first kappa shape index (κ1) is 21.7. The van der Waals surface area contributed by atoms with E-state index in [9.17, 15) is 0 Å². The number of nitrogens with zero attached hydrogens (tertiary/aromatic N) is 2. The van der Waals surface area contributed by atoms with Crippen molar-refractivity contribution in [1.29, 1.82) is 0 Å². The molecule has 0 unspecified atom stereocenters. The molecule has 3 rings (SSSR count). The zero-order valence-electron chi connectivity index (χ0n) is 18.2. The Morgan fingerprint density at radius 2 is 1.68 bits per heavy atom. The number of aryl methyl sites for hydroxylation is 3. The molecule has 3 nitrogen and oxygen atoms in total. The highest BCUT2D eigenvalue weighted by Crippen LogP contribution is 2.32. The molecule has 0 saturated heterocycles. The molecule has 0 fully saturated rings. The lowest BCUT2D eigenvalue weighted by Crippen LogP contribution is -1.99. The molecule has 28 heavy (non-hydrogen) atoms. The van der Waals surface area contributed by atoms with Crippen LogP contribution in [0.2, 0.25) is 0 Å². The number of rotatable bonds is 6. The minimum absolute atomic E-state index is 0.894. The second-order valence-electron chi connectivity index (χ2n) is 7.18. The van der Waals surface area contributed by atoms with Crippen LogP contribution in [0.4, 0.5) is 0 Å². The van der Waals surface area contributed by atoms with Crippen LogP contribution in [0.3, 0.4) is 0 Å². The van der Waals surface area contributed by atoms with Crippen LogP contribution >= 0.6 is 0 Å². The third-order valence-electron chi connectivity index (χ3n) is 4.64. The molecule has 0 spiro atoms. The van der Waals surface area contributed by atoms with Crippen molar-refractivity contribution >= 4 is 0 Å². The zero-order valence-corrected chi connectivity index (χ0v) is 18.2. The molecule has 0 amide bonds. The summed E-state index contributed by atoms with van der Waals surface area (Å²) < 4.78 is 7.53. The average Bonchev–Trinajstić information content (AvgIpc) is 2.96. The van der Waals surface area contributed by atoms with Crippen LogP contribution in [0.15, 0.2) is 48.5 Å². The maximum Gasteiger partial charge on any atom is 0.122 e. The molecule has 150 valence electrons. The minimum Gasteiger partial charge on any atom is -0.496 e. The summed E-state index contributed by atoms with van der Waals surface area (Å²) >= 11 is 0. The molecule has 0 aliphatic rings. The second kappa shape index (κ2) is 10.7. The van der Waals surface area contributed by atoms with Crippen molar-refractivity contribution in [1.82, 2.24) is 9.78 Å². The summed E-state index contributed by atoms with van der Waals surface area (Å²) in [7, 11) is 3.77. The highest BCUT2D eigenvalue weighted by atomic mass is 16.5. The summed E-state index contributed by atoms with van der Waals surface area (Å²) in [6.45, 7) is 8.54. The Hall–Kier alpha value is -2.55. The van der Waals surface area contributed by atoms with Gasteiger partial charge >= 0.3 is 0 Å². The predicted molar refractivity (Wildman–Crippen MR) is 119 cm³/mol. The molecular weight excluding hydrogens is 344 g/mol. The van der Waals surface area contributed by atoms with Crippen LogP contribution in [0, 0.1) is 6.92 Å². The van der Waals surface area contributed by atoms with E-state index >= 15 is 0 Å². The average molecular weight is 379 g/mol. The van der Waals surface area contributed by atoms with Gasteiger partial charge in [0.15, 0.2) is 0 Å². The van der Waals surface area contributed by atoms with Crippen LogP contribution in [-0.4, -0.2) is 16.9 Å². The lowest BCUT2D eigenvalue weighted by molar-refractivity contribution is 0.409. The van der Waals surface area contributed by atoms with Crippen molar-refractivity contribution < 1.29 is 4.74 Å². The molecule has 0 aliphatic heterocycles. The fraction of sp³-hybridized carbons (Fsp3) is 0.400. The zero-order chi connectivity index (χ0) is 20.5. The first-order chi connectivity index (χ1) is 13.5. The summed E-state index contributed by atoms with van der Waals surface area (Å²) in [5, 5.41) is 4.69. The van der Waals surface area contributed by atoms with Crippen molar-refractivity contribution in [3.63, 3.8) is 0 Å². The molecule has 1 heterocycles. The van der Waals surface area contributed by atoms with Gasteiger partial charge < -0.3 is 4.74 Å². The highest BCUT2D eigenvalue weighted by molar-refractivity contribution is 5.67. The Labute approximate surface area is 170 Å². The van der Waals surface area contributed by atoms with E-state index in [2.05, 4.69) is 81.3 Å². The molecule has 0 N–H and O–H groups in total. The first-order valence-electron chi connectivity index (χ1n) is 10.3. The monoisotopic (exact) mass is 378 g/mol. The Morgan fingerprint density at radius 3 is 2.29 bits per heavy atom. The maximum absolute atomic E-state index is 5.53. The van der Waals surface area contributed by atoms with Crippen molar-refractivity contribution in [2.24, 2.45) is 7.05 Å². The number of methoxy groups -OCH3 is 1. The molecule has 0 aliphatic carbocycles. The van der Waals surface area contributed by atoms with E-state index in [1.54, 1.807) is 7.11 Å². The van der Waals surface area contributed by atoms with Gasteiger partial charge in [0.05, 0.1) is 18.5 Å². The molecule has 0 bridgehead atoms. The molecule has 3 aromatic rings. The lowest BCUT2D eigenvalue weighted by Gasteiger charge is -2.12. The summed E-state index contributed by atoms with van der Waals surface area (Å²) in [5.41, 5.74) is 7.35. The second-order valence-corrected chi connectivity index (χ2v) is 7.18. The Kier molecular flexibility index (Phi) is 8.31. The van der Waals surface area contributed by atoms with Gasteiger partial charge in [-0.2, -0.15) is 5.10 Å². The Bertz CT molecular complexity index is 866. The minimum atomic E-state index is 0.894. The number of benzene rings is 2. The number of hydrogen-bond acceptors (Lipinski definition) is 2. The molecule has 0 atom stereocenters. The standard InChI is InChI=1S/C22H26N2O.C3H8/c1-5-9-18-15-19(12-13-21(18)25-4)22-20(16(2)23-24(22)3)14-17-10-7-6-8-11-17;1-3-2/h6-8,10-13,15H,5,9,14H2,1-4H3;3H2,1-2H3. The van der Waals surface area contributed by atoms with Crippen LogP contribution in [0.5, 0.6) is 5.75 Å². The van der Waals surface area contributed by atoms with Crippen LogP contribution < -0.4 is 4.74 Å². The molecular formula is C25H34N2O. The van der Waals surface area contributed by atoms with Gasteiger partial charge in [0.2, 0.25) is 0 Å². The van der Waals surface area contributed by atoms with Crippen molar-refractivity contribution in [3.05, 3.63) is 70.9 Å². The van der Waals surface area contributed by atoms with E-state index < -0.39 is 0 Å². The van der Waals surface area contributed by atoms with Gasteiger partial charge in [-0.3, -0.25) is 4.68 Å². The van der Waals surface area contributed by atoms with Gasteiger partial charge in [0.25, 0.3) is 0 Å². The van der Waals surface area contributed by atoms with Gasteiger partial charge in [0, 0.05) is 24.6 Å². The molecule has 0 saturated carbocycles. The summed E-state index contributed by atoms with van der Waals surface area (Å²) in [4.78, 5) is 0. The van der Waals surface area contributed by atoms with E-state index in [0.29, 0.717) is 0 Å². The molecule has 0 radical (unpaired) electrons. The fourth-order valence-electron chi connectivity index (χ4n) is 3.47. The van der Waals surface area contributed by atoms with Gasteiger partial charge in [-0.1, -0.05) is 63.9 Å². The highest BCUT2D eigenvalue weighted by Gasteiger charge is 2.17.